The van der Waals surface area contributed by atoms with E-state index in [4.69, 9.17) is 16.8 Å². The minimum atomic E-state index is -0.564. The molecule has 0 fully saturated rings. The Labute approximate surface area is 110 Å². The molecule has 98 valence electrons. The van der Waals surface area contributed by atoms with E-state index in [1.807, 2.05) is 6.92 Å². The predicted octanol–water partition coefficient (Wildman–Crippen LogP) is 1.81. The van der Waals surface area contributed by atoms with Crippen LogP contribution in [0.3, 0.4) is 0 Å². The third-order valence-corrected chi connectivity index (χ3v) is 2.85. The van der Waals surface area contributed by atoms with Gasteiger partial charge in [-0.05, 0) is 24.6 Å². The van der Waals surface area contributed by atoms with Gasteiger partial charge in [0.15, 0.2) is 5.82 Å². The molecule has 4 N–H and O–H groups in total. The van der Waals surface area contributed by atoms with Gasteiger partial charge in [-0.1, -0.05) is 6.92 Å². The quantitative estimate of drug-likeness (QED) is 0.822. The molecule has 1 aromatic heterocycles. The minimum Gasteiger partial charge on any atom is -0.382 e. The predicted molar refractivity (Wildman–Crippen MR) is 70.9 cm³/mol. The van der Waals surface area contributed by atoms with Gasteiger partial charge in [-0.25, -0.2) is 14.1 Å². The molecule has 2 rings (SSSR count). The molecular weight excluding hydrogens is 245 g/mol. The van der Waals surface area contributed by atoms with Crippen LogP contribution in [-0.2, 0) is 6.42 Å². The number of nitrogens with zero attached hydrogens (tertiary/aromatic N) is 3. The van der Waals surface area contributed by atoms with Crippen molar-refractivity contribution in [1.29, 1.82) is 5.26 Å². The SMILES string of the molecule is CCCc1nc(-c2ccc(F)c(C#N)c2)c(N)n1N. The number of nitrogens with two attached hydrogens (primary N) is 2. The molecule has 0 amide bonds. The summed E-state index contributed by atoms with van der Waals surface area (Å²) in [6, 6.07) is 5.97. The molecule has 0 aliphatic carbocycles. The highest BCUT2D eigenvalue weighted by molar-refractivity contribution is 5.72. The topological polar surface area (TPSA) is 93.6 Å². The highest BCUT2D eigenvalue weighted by Gasteiger charge is 2.15. The van der Waals surface area contributed by atoms with Crippen molar-refractivity contribution in [2.45, 2.75) is 19.8 Å². The number of hydrogen-bond donors (Lipinski definition) is 2. The molecule has 2 aromatic rings. The number of aryl methyl sites for hydroxylation is 1. The van der Waals surface area contributed by atoms with Gasteiger partial charge in [0.1, 0.15) is 23.4 Å². The number of nitriles is 1. The van der Waals surface area contributed by atoms with E-state index in [-0.39, 0.29) is 5.56 Å². The van der Waals surface area contributed by atoms with Crippen LogP contribution >= 0.6 is 0 Å². The van der Waals surface area contributed by atoms with Crippen LogP contribution in [-0.4, -0.2) is 9.66 Å². The molecule has 0 aliphatic heterocycles. The second-order valence-electron chi connectivity index (χ2n) is 4.19. The van der Waals surface area contributed by atoms with Crippen molar-refractivity contribution >= 4 is 5.82 Å². The van der Waals surface area contributed by atoms with Crippen molar-refractivity contribution in [3.63, 3.8) is 0 Å². The number of benzene rings is 1. The molecule has 0 unspecified atom stereocenters. The first-order valence-corrected chi connectivity index (χ1v) is 5.90. The number of imidazole rings is 1. The molecule has 1 aromatic carbocycles. The number of anilines is 1. The Morgan fingerprint density at radius 3 is 2.84 bits per heavy atom. The summed E-state index contributed by atoms with van der Waals surface area (Å²) in [6.45, 7) is 2.01. The largest absolute Gasteiger partial charge is 0.382 e. The van der Waals surface area contributed by atoms with Crippen LogP contribution in [0.4, 0.5) is 10.2 Å². The fraction of sp³-hybridized carbons (Fsp3) is 0.231. The molecule has 0 atom stereocenters. The van der Waals surface area contributed by atoms with Gasteiger partial charge in [0.25, 0.3) is 0 Å². The van der Waals surface area contributed by atoms with E-state index < -0.39 is 5.82 Å². The fourth-order valence-electron chi connectivity index (χ4n) is 1.86. The van der Waals surface area contributed by atoms with Gasteiger partial charge in [-0.2, -0.15) is 5.26 Å². The minimum absolute atomic E-state index is 0.0412. The molecule has 0 bridgehead atoms. The third-order valence-electron chi connectivity index (χ3n) is 2.85. The Kier molecular flexibility index (Phi) is 3.38. The average Bonchev–Trinajstić information content (AvgIpc) is 2.68. The summed E-state index contributed by atoms with van der Waals surface area (Å²) in [5.74, 6) is 6.22. The zero-order valence-corrected chi connectivity index (χ0v) is 10.5. The Bertz CT molecular complexity index is 654. The van der Waals surface area contributed by atoms with Crippen molar-refractivity contribution in [2.75, 3.05) is 11.6 Å². The van der Waals surface area contributed by atoms with Crippen molar-refractivity contribution in [2.24, 2.45) is 0 Å². The molecule has 19 heavy (non-hydrogen) atoms. The third kappa shape index (κ3) is 2.22. The molecule has 5 nitrogen and oxygen atoms in total. The lowest BCUT2D eigenvalue weighted by atomic mass is 10.1. The van der Waals surface area contributed by atoms with Crippen LogP contribution < -0.4 is 11.6 Å². The van der Waals surface area contributed by atoms with Gasteiger partial charge in [-0.3, -0.25) is 0 Å². The van der Waals surface area contributed by atoms with Crippen molar-refractivity contribution in [3.8, 4) is 17.3 Å². The summed E-state index contributed by atoms with van der Waals surface area (Å²) < 4.78 is 14.6. The van der Waals surface area contributed by atoms with Gasteiger partial charge >= 0.3 is 0 Å². The molecule has 1 heterocycles. The summed E-state index contributed by atoms with van der Waals surface area (Å²) in [5.41, 5.74) is 6.91. The zero-order chi connectivity index (χ0) is 14.0. The molecule has 0 spiro atoms. The molecule has 0 saturated heterocycles. The second kappa shape index (κ2) is 4.98. The standard InChI is InChI=1S/C13H14FN5/c1-2-3-11-18-12(13(16)19(11)17)8-4-5-10(14)9(6-8)7-15/h4-6H,2-3,16-17H2,1H3. The molecule has 0 aliphatic rings. The van der Waals surface area contributed by atoms with Gasteiger partial charge in [0.05, 0.1) is 5.56 Å². The van der Waals surface area contributed by atoms with E-state index >= 15 is 0 Å². The highest BCUT2D eigenvalue weighted by Crippen LogP contribution is 2.26. The Morgan fingerprint density at radius 1 is 1.47 bits per heavy atom. The lowest BCUT2D eigenvalue weighted by Gasteiger charge is -2.02. The van der Waals surface area contributed by atoms with Crippen molar-refractivity contribution in [3.05, 3.63) is 35.4 Å². The Balaban J connectivity index is 2.53. The Hall–Kier alpha value is -2.55. The van der Waals surface area contributed by atoms with Crippen LogP contribution in [0.1, 0.15) is 24.7 Å². The maximum Gasteiger partial charge on any atom is 0.150 e. The number of rotatable bonds is 3. The lowest BCUT2D eigenvalue weighted by Crippen LogP contribution is -2.15. The van der Waals surface area contributed by atoms with Crippen LogP contribution in [0.5, 0.6) is 0 Å². The highest BCUT2D eigenvalue weighted by atomic mass is 19.1. The monoisotopic (exact) mass is 259 g/mol. The van der Waals surface area contributed by atoms with E-state index in [1.165, 1.54) is 22.9 Å². The smallest absolute Gasteiger partial charge is 0.150 e. The van der Waals surface area contributed by atoms with Crippen LogP contribution in [0, 0.1) is 17.1 Å². The first-order valence-electron chi connectivity index (χ1n) is 5.90. The zero-order valence-electron chi connectivity index (χ0n) is 10.5. The van der Waals surface area contributed by atoms with E-state index in [0.717, 1.165) is 6.42 Å². The Morgan fingerprint density at radius 2 is 2.21 bits per heavy atom. The van der Waals surface area contributed by atoms with Crippen LogP contribution in [0.2, 0.25) is 0 Å². The summed E-state index contributed by atoms with van der Waals surface area (Å²) in [5, 5.41) is 8.83. The van der Waals surface area contributed by atoms with Crippen molar-refractivity contribution < 1.29 is 4.39 Å². The lowest BCUT2D eigenvalue weighted by molar-refractivity contribution is 0.624. The fourth-order valence-corrected chi connectivity index (χ4v) is 1.86. The van der Waals surface area contributed by atoms with Gasteiger partial charge in [-0.15, -0.1) is 0 Å². The van der Waals surface area contributed by atoms with Gasteiger partial charge in [0, 0.05) is 12.0 Å². The number of aromatic nitrogens is 2. The van der Waals surface area contributed by atoms with Crippen LogP contribution in [0.15, 0.2) is 18.2 Å². The van der Waals surface area contributed by atoms with E-state index in [2.05, 4.69) is 4.98 Å². The number of hydrogen-bond acceptors (Lipinski definition) is 4. The van der Waals surface area contributed by atoms with E-state index in [9.17, 15) is 4.39 Å². The second-order valence-corrected chi connectivity index (χ2v) is 4.19. The first-order chi connectivity index (χ1) is 9.08. The van der Waals surface area contributed by atoms with Gasteiger partial charge in [0.2, 0.25) is 0 Å². The van der Waals surface area contributed by atoms with Crippen molar-refractivity contribution in [1.82, 2.24) is 9.66 Å². The number of halogens is 1. The summed E-state index contributed by atoms with van der Waals surface area (Å²) in [4.78, 5) is 4.36. The summed E-state index contributed by atoms with van der Waals surface area (Å²) in [6.07, 6.45) is 1.59. The summed E-state index contributed by atoms with van der Waals surface area (Å²) in [7, 11) is 0. The molecular formula is C13H14FN5. The molecule has 0 radical (unpaired) electrons. The van der Waals surface area contributed by atoms with E-state index in [1.54, 1.807) is 6.07 Å². The molecule has 6 heteroatoms. The maximum absolute atomic E-state index is 13.3. The number of nitrogen functional groups attached to an aromatic ring is 2. The van der Waals surface area contributed by atoms with E-state index in [0.29, 0.717) is 29.3 Å². The normalized spacial score (nSPS) is 10.4. The van der Waals surface area contributed by atoms with Crippen LogP contribution in [0.25, 0.3) is 11.3 Å². The average molecular weight is 259 g/mol. The summed E-state index contributed by atoms with van der Waals surface area (Å²) >= 11 is 0. The van der Waals surface area contributed by atoms with Gasteiger partial charge < -0.3 is 11.6 Å². The first kappa shape index (κ1) is 12.9. The maximum atomic E-state index is 13.3. The molecule has 0 saturated carbocycles.